The lowest BCUT2D eigenvalue weighted by molar-refractivity contribution is -0.148. The van der Waals surface area contributed by atoms with Crippen LogP contribution < -0.4 is 5.32 Å². The number of carbonyl (C=O) groups is 3. The van der Waals surface area contributed by atoms with Crippen LogP contribution in [0.4, 0.5) is 4.79 Å². The highest BCUT2D eigenvalue weighted by Gasteiger charge is 2.45. The number of likely N-dealkylation sites (N-methyl/N-ethyl adjacent to an activating group) is 1. The zero-order valence-electron chi connectivity index (χ0n) is 11.9. The molecule has 0 aromatic heterocycles. The number of hydrogen-bond donors (Lipinski definition) is 2. The molecule has 0 radical (unpaired) electrons. The Kier molecular flexibility index (Phi) is 3.87. The van der Waals surface area contributed by atoms with E-state index in [2.05, 4.69) is 5.32 Å². The van der Waals surface area contributed by atoms with Crippen molar-refractivity contribution >= 4 is 17.9 Å². The summed E-state index contributed by atoms with van der Waals surface area (Å²) in [6, 6.07) is -0.816. The predicted octanol–water partition coefficient (Wildman–Crippen LogP) is 0.113. The van der Waals surface area contributed by atoms with Crippen molar-refractivity contribution in [1.82, 2.24) is 15.1 Å². The Hall–Kier alpha value is -1.79. The molecular formula is C13H21N3O4. The molecule has 2 heterocycles. The van der Waals surface area contributed by atoms with E-state index in [1.807, 2.05) is 6.92 Å². The zero-order chi connectivity index (χ0) is 14.9. The van der Waals surface area contributed by atoms with Crippen LogP contribution >= 0.6 is 0 Å². The Morgan fingerprint density at radius 3 is 2.60 bits per heavy atom. The summed E-state index contributed by atoms with van der Waals surface area (Å²) in [5.74, 6) is -0.940. The molecule has 112 valence electrons. The second-order valence-electron chi connectivity index (χ2n) is 5.66. The van der Waals surface area contributed by atoms with Gasteiger partial charge < -0.3 is 20.2 Å². The molecule has 0 aromatic rings. The summed E-state index contributed by atoms with van der Waals surface area (Å²) in [6.07, 6.45) is 1.56. The fourth-order valence-corrected chi connectivity index (χ4v) is 2.86. The summed E-state index contributed by atoms with van der Waals surface area (Å²) in [5.41, 5.74) is -0.839. The molecule has 20 heavy (non-hydrogen) atoms. The van der Waals surface area contributed by atoms with Crippen molar-refractivity contribution in [3.05, 3.63) is 0 Å². The molecule has 2 fully saturated rings. The van der Waals surface area contributed by atoms with E-state index in [1.54, 1.807) is 11.9 Å². The van der Waals surface area contributed by atoms with Gasteiger partial charge in [0.05, 0.1) is 5.41 Å². The summed E-state index contributed by atoms with van der Waals surface area (Å²) >= 11 is 0. The first-order valence-corrected chi connectivity index (χ1v) is 6.93. The molecule has 3 amide bonds. The monoisotopic (exact) mass is 283 g/mol. The van der Waals surface area contributed by atoms with E-state index in [0.717, 1.165) is 0 Å². The lowest BCUT2D eigenvalue weighted by Crippen LogP contribution is -2.47. The number of carboxylic acids is 1. The third kappa shape index (κ3) is 2.44. The van der Waals surface area contributed by atoms with Gasteiger partial charge in [-0.1, -0.05) is 6.92 Å². The van der Waals surface area contributed by atoms with Crippen LogP contribution in [0.2, 0.25) is 0 Å². The average Bonchev–Trinajstić information content (AvgIpc) is 2.99. The predicted molar refractivity (Wildman–Crippen MR) is 71.1 cm³/mol. The lowest BCUT2D eigenvalue weighted by Gasteiger charge is -2.24. The SMILES string of the molecule is CCC1(C(=O)O)CCN(C(=O)NC2CCN(C)C2=O)C1. The summed E-state index contributed by atoms with van der Waals surface area (Å²) in [5, 5.41) is 12.0. The molecule has 2 aliphatic rings. The molecule has 0 spiro atoms. The molecule has 2 saturated heterocycles. The molecule has 0 bridgehead atoms. The van der Waals surface area contributed by atoms with Gasteiger partial charge in [-0.25, -0.2) is 4.79 Å². The van der Waals surface area contributed by atoms with Crippen LogP contribution in [-0.4, -0.2) is 65.5 Å². The smallest absolute Gasteiger partial charge is 0.318 e. The van der Waals surface area contributed by atoms with Crippen LogP contribution in [0.5, 0.6) is 0 Å². The largest absolute Gasteiger partial charge is 0.481 e. The number of carboxylic acid groups (broad SMARTS) is 1. The van der Waals surface area contributed by atoms with E-state index in [-0.39, 0.29) is 18.5 Å². The first-order valence-electron chi connectivity index (χ1n) is 6.93. The minimum atomic E-state index is -0.855. The Bertz CT molecular complexity index is 439. The van der Waals surface area contributed by atoms with Gasteiger partial charge in [-0.2, -0.15) is 0 Å². The van der Waals surface area contributed by atoms with Crippen LogP contribution in [0.1, 0.15) is 26.2 Å². The normalized spacial score (nSPS) is 29.9. The highest BCUT2D eigenvalue weighted by Crippen LogP contribution is 2.34. The van der Waals surface area contributed by atoms with Gasteiger partial charge in [0.25, 0.3) is 0 Å². The van der Waals surface area contributed by atoms with Crippen molar-refractivity contribution in [3.63, 3.8) is 0 Å². The summed E-state index contributed by atoms with van der Waals surface area (Å²) in [7, 11) is 1.71. The minimum absolute atomic E-state index is 0.0856. The van der Waals surface area contributed by atoms with E-state index in [4.69, 9.17) is 0 Å². The van der Waals surface area contributed by atoms with Gasteiger partial charge in [-0.05, 0) is 19.3 Å². The van der Waals surface area contributed by atoms with Gasteiger partial charge in [0.1, 0.15) is 6.04 Å². The number of hydrogen-bond acceptors (Lipinski definition) is 3. The maximum Gasteiger partial charge on any atom is 0.318 e. The lowest BCUT2D eigenvalue weighted by atomic mass is 9.84. The summed E-state index contributed by atoms with van der Waals surface area (Å²) in [4.78, 5) is 38.3. The van der Waals surface area contributed by atoms with Crippen LogP contribution in [0, 0.1) is 5.41 Å². The Morgan fingerprint density at radius 2 is 2.15 bits per heavy atom. The van der Waals surface area contributed by atoms with E-state index in [9.17, 15) is 19.5 Å². The number of carbonyl (C=O) groups excluding carboxylic acids is 2. The summed E-state index contributed by atoms with van der Waals surface area (Å²) < 4.78 is 0. The third-order valence-electron chi connectivity index (χ3n) is 4.50. The van der Waals surface area contributed by atoms with Crippen molar-refractivity contribution in [2.75, 3.05) is 26.7 Å². The van der Waals surface area contributed by atoms with Crippen molar-refractivity contribution in [2.45, 2.75) is 32.2 Å². The second kappa shape index (κ2) is 5.30. The maximum atomic E-state index is 12.1. The zero-order valence-corrected chi connectivity index (χ0v) is 11.9. The van der Waals surface area contributed by atoms with Crippen molar-refractivity contribution in [2.24, 2.45) is 5.41 Å². The minimum Gasteiger partial charge on any atom is -0.481 e. The molecular weight excluding hydrogens is 262 g/mol. The quantitative estimate of drug-likeness (QED) is 0.769. The van der Waals surface area contributed by atoms with Gasteiger partial charge in [-0.15, -0.1) is 0 Å². The van der Waals surface area contributed by atoms with Crippen molar-refractivity contribution in [3.8, 4) is 0 Å². The van der Waals surface area contributed by atoms with Gasteiger partial charge in [0.15, 0.2) is 0 Å². The Morgan fingerprint density at radius 1 is 1.45 bits per heavy atom. The molecule has 2 unspecified atom stereocenters. The number of likely N-dealkylation sites (tertiary alicyclic amines) is 2. The van der Waals surface area contributed by atoms with Gasteiger partial charge >= 0.3 is 12.0 Å². The molecule has 2 atom stereocenters. The molecule has 0 aromatic carbocycles. The molecule has 0 aliphatic carbocycles. The maximum absolute atomic E-state index is 12.1. The van der Waals surface area contributed by atoms with Crippen LogP contribution in [0.3, 0.4) is 0 Å². The van der Waals surface area contributed by atoms with Crippen LogP contribution in [0.15, 0.2) is 0 Å². The molecule has 7 nitrogen and oxygen atoms in total. The number of nitrogens with one attached hydrogen (secondary N) is 1. The first-order chi connectivity index (χ1) is 9.39. The van der Waals surface area contributed by atoms with Gasteiger partial charge in [-0.3, -0.25) is 9.59 Å². The molecule has 0 saturated carbocycles. The van der Waals surface area contributed by atoms with Gasteiger partial charge in [0, 0.05) is 26.7 Å². The molecule has 2 N–H and O–H groups in total. The fraction of sp³-hybridized carbons (Fsp3) is 0.769. The first kappa shape index (κ1) is 14.6. The Labute approximate surface area is 117 Å². The highest BCUT2D eigenvalue weighted by molar-refractivity contribution is 5.89. The fourth-order valence-electron chi connectivity index (χ4n) is 2.86. The topological polar surface area (TPSA) is 89.9 Å². The van der Waals surface area contributed by atoms with E-state index < -0.39 is 17.4 Å². The van der Waals surface area contributed by atoms with Crippen LogP contribution in [-0.2, 0) is 9.59 Å². The number of aliphatic carboxylic acids is 1. The number of nitrogens with zero attached hydrogens (tertiary/aromatic N) is 2. The van der Waals surface area contributed by atoms with Gasteiger partial charge in [0.2, 0.25) is 5.91 Å². The van der Waals surface area contributed by atoms with E-state index in [0.29, 0.717) is 32.4 Å². The van der Waals surface area contributed by atoms with Crippen LogP contribution in [0.25, 0.3) is 0 Å². The third-order valence-corrected chi connectivity index (χ3v) is 4.50. The van der Waals surface area contributed by atoms with E-state index in [1.165, 1.54) is 4.90 Å². The molecule has 7 heteroatoms. The number of urea groups is 1. The highest BCUT2D eigenvalue weighted by atomic mass is 16.4. The van der Waals surface area contributed by atoms with Crippen molar-refractivity contribution < 1.29 is 19.5 Å². The molecule has 2 aliphatic heterocycles. The summed E-state index contributed by atoms with van der Waals surface area (Å²) in [6.45, 7) is 3.09. The second-order valence-corrected chi connectivity index (χ2v) is 5.66. The Balaban J connectivity index is 1.95. The number of amides is 3. The van der Waals surface area contributed by atoms with Crippen molar-refractivity contribution in [1.29, 1.82) is 0 Å². The number of rotatable bonds is 3. The molecule has 2 rings (SSSR count). The van der Waals surface area contributed by atoms with E-state index >= 15 is 0 Å². The average molecular weight is 283 g/mol. The standard InChI is InChI=1S/C13H21N3O4/c1-3-13(11(18)19)5-7-16(8-13)12(20)14-9-4-6-15(2)10(9)17/h9H,3-8H2,1-2H3,(H,14,20)(H,18,19).